The molecule has 0 aliphatic rings. The van der Waals surface area contributed by atoms with Crippen LogP contribution in [0.3, 0.4) is 0 Å². The summed E-state index contributed by atoms with van der Waals surface area (Å²) in [5.41, 5.74) is 5.32. The second-order valence-corrected chi connectivity index (χ2v) is 4.12. The molecule has 1 heteroatoms. The summed E-state index contributed by atoms with van der Waals surface area (Å²) >= 11 is 0. The summed E-state index contributed by atoms with van der Waals surface area (Å²) in [6.07, 6.45) is 1.07. The van der Waals surface area contributed by atoms with Gasteiger partial charge in [0.1, 0.15) is 7.05 Å². The molecule has 0 aliphatic carbocycles. The van der Waals surface area contributed by atoms with E-state index in [9.17, 15) is 0 Å². The maximum Gasteiger partial charge on any atom is 0.212 e. The van der Waals surface area contributed by atoms with Crippen LogP contribution in [-0.4, -0.2) is 0 Å². The first-order valence-corrected chi connectivity index (χ1v) is 5.78. The fourth-order valence-corrected chi connectivity index (χ4v) is 2.04. The van der Waals surface area contributed by atoms with Gasteiger partial charge >= 0.3 is 0 Å². The number of rotatable bonds is 2. The number of pyridine rings is 1. The molecule has 0 radical (unpaired) electrons. The van der Waals surface area contributed by atoms with Crippen LogP contribution in [-0.2, 0) is 13.5 Å². The predicted molar refractivity (Wildman–Crippen MR) is 67.2 cm³/mol. The monoisotopic (exact) mass is 212 g/mol. The lowest BCUT2D eigenvalue weighted by Gasteiger charge is -2.06. The molecule has 0 amide bonds. The summed E-state index contributed by atoms with van der Waals surface area (Å²) in [6.45, 7) is 4.34. The van der Waals surface area contributed by atoms with Gasteiger partial charge in [-0.2, -0.15) is 4.57 Å². The van der Waals surface area contributed by atoms with Crippen molar-refractivity contribution in [2.45, 2.75) is 20.3 Å². The van der Waals surface area contributed by atoms with Crippen molar-refractivity contribution in [1.82, 2.24) is 0 Å². The first-order chi connectivity index (χ1) is 7.74. The minimum atomic E-state index is 1.07. The molecule has 1 nitrogen and oxygen atoms in total. The van der Waals surface area contributed by atoms with Crippen molar-refractivity contribution in [3.8, 4) is 11.3 Å². The van der Waals surface area contributed by atoms with Crippen molar-refractivity contribution in [1.29, 1.82) is 0 Å². The second kappa shape index (κ2) is 4.48. The molecule has 1 aromatic carbocycles. The molecule has 82 valence electrons. The normalized spacial score (nSPS) is 10.4. The molecule has 2 aromatic rings. The van der Waals surface area contributed by atoms with Gasteiger partial charge in [-0.25, -0.2) is 0 Å². The quantitative estimate of drug-likeness (QED) is 0.674. The van der Waals surface area contributed by atoms with Crippen LogP contribution in [0.5, 0.6) is 0 Å². The number of benzene rings is 1. The van der Waals surface area contributed by atoms with Crippen LogP contribution in [0.1, 0.15) is 18.2 Å². The summed E-state index contributed by atoms with van der Waals surface area (Å²) in [6, 6.07) is 15.1. The van der Waals surface area contributed by atoms with E-state index in [-0.39, 0.29) is 0 Å². The maximum atomic E-state index is 2.24. The van der Waals surface area contributed by atoms with Gasteiger partial charge in [-0.1, -0.05) is 25.1 Å². The van der Waals surface area contributed by atoms with E-state index in [1.165, 1.54) is 22.5 Å². The highest BCUT2D eigenvalue weighted by molar-refractivity contribution is 5.61. The van der Waals surface area contributed by atoms with Crippen LogP contribution in [0.4, 0.5) is 0 Å². The fraction of sp³-hybridized carbons (Fsp3) is 0.267. The molecule has 0 spiro atoms. The van der Waals surface area contributed by atoms with Crippen molar-refractivity contribution in [2.75, 3.05) is 0 Å². The van der Waals surface area contributed by atoms with Crippen molar-refractivity contribution >= 4 is 0 Å². The first-order valence-electron chi connectivity index (χ1n) is 5.78. The van der Waals surface area contributed by atoms with Crippen molar-refractivity contribution < 1.29 is 4.57 Å². The van der Waals surface area contributed by atoms with Gasteiger partial charge in [0.15, 0.2) is 5.69 Å². The second-order valence-electron chi connectivity index (χ2n) is 4.12. The summed E-state index contributed by atoms with van der Waals surface area (Å²) in [4.78, 5) is 0. The van der Waals surface area contributed by atoms with E-state index in [0.29, 0.717) is 0 Å². The summed E-state index contributed by atoms with van der Waals surface area (Å²) < 4.78 is 2.24. The topological polar surface area (TPSA) is 3.88 Å². The molecule has 0 bridgehead atoms. The number of nitrogens with zero attached hydrogens (tertiary/aromatic N) is 1. The van der Waals surface area contributed by atoms with Gasteiger partial charge in [0.05, 0.1) is 0 Å². The van der Waals surface area contributed by atoms with Gasteiger partial charge in [-0.3, -0.25) is 0 Å². The average Bonchev–Trinajstić information content (AvgIpc) is 2.33. The van der Waals surface area contributed by atoms with Gasteiger partial charge in [-0.15, -0.1) is 0 Å². The number of aromatic nitrogens is 1. The Morgan fingerprint density at radius 2 is 1.75 bits per heavy atom. The zero-order valence-electron chi connectivity index (χ0n) is 10.2. The van der Waals surface area contributed by atoms with Crippen LogP contribution in [0.15, 0.2) is 42.5 Å². The molecule has 0 unspecified atom stereocenters. The highest BCUT2D eigenvalue weighted by Crippen LogP contribution is 2.20. The highest BCUT2D eigenvalue weighted by atomic mass is 14.9. The van der Waals surface area contributed by atoms with E-state index in [1.807, 2.05) is 0 Å². The lowest BCUT2D eigenvalue weighted by molar-refractivity contribution is -0.666. The van der Waals surface area contributed by atoms with Crippen LogP contribution in [0, 0.1) is 6.92 Å². The molecule has 0 atom stereocenters. The Labute approximate surface area is 97.4 Å². The molecule has 0 N–H and O–H groups in total. The number of aryl methyl sites for hydroxylation is 2. The van der Waals surface area contributed by atoms with Gasteiger partial charge in [0.25, 0.3) is 0 Å². The molecular formula is C15H18N+. The van der Waals surface area contributed by atoms with E-state index in [1.54, 1.807) is 0 Å². The average molecular weight is 212 g/mol. The van der Waals surface area contributed by atoms with E-state index >= 15 is 0 Å². The first kappa shape index (κ1) is 10.9. The maximum absolute atomic E-state index is 2.24. The Balaban J connectivity index is 2.63. The minimum Gasteiger partial charge on any atom is -0.199 e. The lowest BCUT2D eigenvalue weighted by atomic mass is 10.0. The van der Waals surface area contributed by atoms with E-state index in [2.05, 4.69) is 67.9 Å². The largest absolute Gasteiger partial charge is 0.212 e. The molecule has 1 aromatic heterocycles. The SMILES string of the molecule is CCc1ccccc1-c1cccc(C)[n+]1C. The standard InChI is InChI=1S/C15H18N/c1-4-13-9-5-6-10-14(13)15-11-7-8-12(2)16(15)3/h5-11H,4H2,1-3H3/q+1. The van der Waals surface area contributed by atoms with Gasteiger partial charge in [0.2, 0.25) is 5.69 Å². The molecule has 0 saturated heterocycles. The number of hydrogen-bond acceptors (Lipinski definition) is 0. The molecule has 1 heterocycles. The van der Waals surface area contributed by atoms with Crippen LogP contribution >= 0.6 is 0 Å². The third kappa shape index (κ3) is 1.85. The minimum absolute atomic E-state index is 1.07. The number of hydrogen-bond donors (Lipinski definition) is 0. The van der Waals surface area contributed by atoms with Crippen molar-refractivity contribution in [2.24, 2.45) is 7.05 Å². The predicted octanol–water partition coefficient (Wildman–Crippen LogP) is 3.05. The Hall–Kier alpha value is -1.63. The third-order valence-corrected chi connectivity index (χ3v) is 3.16. The van der Waals surface area contributed by atoms with E-state index < -0.39 is 0 Å². The summed E-state index contributed by atoms with van der Waals surface area (Å²) in [7, 11) is 2.12. The van der Waals surface area contributed by atoms with Crippen molar-refractivity contribution in [3.63, 3.8) is 0 Å². The lowest BCUT2D eigenvalue weighted by Crippen LogP contribution is -2.34. The van der Waals surface area contributed by atoms with E-state index in [0.717, 1.165) is 6.42 Å². The Bertz CT molecular complexity index is 501. The smallest absolute Gasteiger partial charge is 0.199 e. The molecule has 0 fully saturated rings. The highest BCUT2D eigenvalue weighted by Gasteiger charge is 2.13. The molecule has 2 rings (SSSR count). The van der Waals surface area contributed by atoms with Crippen LogP contribution in [0.25, 0.3) is 11.3 Å². The summed E-state index contributed by atoms with van der Waals surface area (Å²) in [5.74, 6) is 0. The molecular weight excluding hydrogens is 194 g/mol. The zero-order valence-corrected chi connectivity index (χ0v) is 10.2. The Morgan fingerprint density at radius 3 is 2.50 bits per heavy atom. The van der Waals surface area contributed by atoms with Gasteiger partial charge < -0.3 is 0 Å². The zero-order chi connectivity index (χ0) is 11.5. The van der Waals surface area contributed by atoms with Crippen LogP contribution in [0.2, 0.25) is 0 Å². The van der Waals surface area contributed by atoms with Crippen LogP contribution < -0.4 is 4.57 Å². The Kier molecular flexibility index (Phi) is 3.04. The molecule has 16 heavy (non-hydrogen) atoms. The molecule has 0 saturated carbocycles. The molecule has 0 aliphatic heterocycles. The van der Waals surface area contributed by atoms with Gasteiger partial charge in [-0.05, 0) is 24.1 Å². The summed E-state index contributed by atoms with van der Waals surface area (Å²) in [5, 5.41) is 0. The Morgan fingerprint density at radius 1 is 1.00 bits per heavy atom. The third-order valence-electron chi connectivity index (χ3n) is 3.16. The fourth-order valence-electron chi connectivity index (χ4n) is 2.04. The van der Waals surface area contributed by atoms with Gasteiger partial charge in [0, 0.05) is 24.6 Å². The van der Waals surface area contributed by atoms with Crippen molar-refractivity contribution in [3.05, 3.63) is 53.7 Å². The van der Waals surface area contributed by atoms with E-state index in [4.69, 9.17) is 0 Å².